The molecule has 1 N–H and O–H groups in total. The lowest BCUT2D eigenvalue weighted by atomic mass is 10.2. The summed E-state index contributed by atoms with van der Waals surface area (Å²) in [4.78, 5) is 0. The molecular formula is C10H19NO. The standard InChI is InChI=1S/C5H11N.C5H8O/c1-5-2-3-6-4-5;1-2-4-6-5-3-1/h5-6H,2-4H2,1H3;1-2H,3-5H2. The summed E-state index contributed by atoms with van der Waals surface area (Å²) in [5.74, 6) is 0.935. The van der Waals surface area contributed by atoms with E-state index in [2.05, 4.69) is 18.3 Å². The third-order valence-corrected chi connectivity index (χ3v) is 2.12. The van der Waals surface area contributed by atoms with E-state index in [4.69, 9.17) is 4.74 Å². The van der Waals surface area contributed by atoms with Gasteiger partial charge in [-0.3, -0.25) is 0 Å². The molecular weight excluding hydrogens is 150 g/mol. The minimum absolute atomic E-state index is 0.819. The summed E-state index contributed by atoms with van der Waals surface area (Å²) in [5, 5.41) is 3.27. The third kappa shape index (κ3) is 4.52. The second-order valence-corrected chi connectivity index (χ2v) is 3.43. The average Bonchev–Trinajstić information content (AvgIpc) is 2.60. The summed E-state index contributed by atoms with van der Waals surface area (Å²) in [6, 6.07) is 0. The molecule has 0 aromatic heterocycles. The van der Waals surface area contributed by atoms with Gasteiger partial charge in [0.15, 0.2) is 0 Å². The summed E-state index contributed by atoms with van der Waals surface area (Å²) < 4.78 is 4.98. The van der Waals surface area contributed by atoms with Gasteiger partial charge in [0.1, 0.15) is 0 Å². The summed E-state index contributed by atoms with van der Waals surface area (Å²) >= 11 is 0. The lowest BCUT2D eigenvalue weighted by Gasteiger charge is -2.00. The molecule has 1 unspecified atom stereocenters. The Bertz CT molecular complexity index is 120. The molecule has 0 aliphatic carbocycles. The van der Waals surface area contributed by atoms with Crippen molar-refractivity contribution in [2.45, 2.75) is 19.8 Å². The Morgan fingerprint density at radius 2 is 2.33 bits per heavy atom. The highest BCUT2D eigenvalue weighted by molar-refractivity contribution is 4.84. The molecule has 1 saturated heterocycles. The predicted octanol–water partition coefficient (Wildman–Crippen LogP) is 1.58. The van der Waals surface area contributed by atoms with Crippen LogP contribution >= 0.6 is 0 Å². The zero-order chi connectivity index (χ0) is 8.65. The largest absolute Gasteiger partial charge is 0.377 e. The Balaban J connectivity index is 0.000000120. The first-order valence-corrected chi connectivity index (χ1v) is 4.83. The molecule has 2 nitrogen and oxygen atoms in total. The molecule has 70 valence electrons. The van der Waals surface area contributed by atoms with Crippen LogP contribution < -0.4 is 5.32 Å². The van der Waals surface area contributed by atoms with Gasteiger partial charge in [-0.15, -0.1) is 0 Å². The molecule has 2 rings (SSSR count). The van der Waals surface area contributed by atoms with Crippen LogP contribution in [0.3, 0.4) is 0 Å². The molecule has 0 saturated carbocycles. The first kappa shape index (κ1) is 9.75. The van der Waals surface area contributed by atoms with Gasteiger partial charge >= 0.3 is 0 Å². The van der Waals surface area contributed by atoms with E-state index in [1.807, 2.05) is 6.08 Å². The Morgan fingerprint density at radius 3 is 2.50 bits per heavy atom. The second-order valence-electron chi connectivity index (χ2n) is 3.43. The molecule has 1 fully saturated rings. The topological polar surface area (TPSA) is 21.3 Å². The Morgan fingerprint density at radius 1 is 1.42 bits per heavy atom. The molecule has 2 aliphatic heterocycles. The summed E-state index contributed by atoms with van der Waals surface area (Å²) in [7, 11) is 0. The van der Waals surface area contributed by atoms with Crippen molar-refractivity contribution < 1.29 is 4.74 Å². The van der Waals surface area contributed by atoms with E-state index in [1.54, 1.807) is 0 Å². The van der Waals surface area contributed by atoms with E-state index >= 15 is 0 Å². The van der Waals surface area contributed by atoms with Crippen molar-refractivity contribution in [2.24, 2.45) is 5.92 Å². The first-order valence-electron chi connectivity index (χ1n) is 4.83. The van der Waals surface area contributed by atoms with Crippen LogP contribution in [0.5, 0.6) is 0 Å². The summed E-state index contributed by atoms with van der Waals surface area (Å²) in [6.07, 6.45) is 6.66. The molecule has 0 aromatic rings. The Hall–Kier alpha value is -0.340. The van der Waals surface area contributed by atoms with Crippen LogP contribution in [0.15, 0.2) is 12.2 Å². The average molecular weight is 169 g/mol. The van der Waals surface area contributed by atoms with Crippen LogP contribution in [0.2, 0.25) is 0 Å². The van der Waals surface area contributed by atoms with Gasteiger partial charge in [0, 0.05) is 0 Å². The van der Waals surface area contributed by atoms with Gasteiger partial charge in [0.05, 0.1) is 13.2 Å². The highest BCUT2D eigenvalue weighted by Crippen LogP contribution is 2.03. The van der Waals surface area contributed by atoms with E-state index in [0.29, 0.717) is 0 Å². The Labute approximate surface area is 75.0 Å². The first-order chi connectivity index (χ1) is 5.89. The van der Waals surface area contributed by atoms with Gasteiger partial charge < -0.3 is 10.1 Å². The fourth-order valence-electron chi connectivity index (χ4n) is 1.29. The second kappa shape index (κ2) is 6.21. The van der Waals surface area contributed by atoms with E-state index in [1.165, 1.54) is 19.5 Å². The van der Waals surface area contributed by atoms with Gasteiger partial charge in [-0.1, -0.05) is 19.1 Å². The van der Waals surface area contributed by atoms with Crippen molar-refractivity contribution in [3.8, 4) is 0 Å². The maximum Gasteiger partial charge on any atom is 0.0647 e. The zero-order valence-corrected chi connectivity index (χ0v) is 7.88. The maximum absolute atomic E-state index is 4.98. The number of rotatable bonds is 0. The molecule has 12 heavy (non-hydrogen) atoms. The highest BCUT2D eigenvalue weighted by Gasteiger charge is 2.06. The lowest BCUT2D eigenvalue weighted by Crippen LogP contribution is -2.06. The molecule has 2 heteroatoms. The van der Waals surface area contributed by atoms with Crippen molar-refractivity contribution in [3.63, 3.8) is 0 Å². The van der Waals surface area contributed by atoms with Crippen LogP contribution in [0.1, 0.15) is 19.8 Å². The van der Waals surface area contributed by atoms with Crippen LogP contribution in [-0.4, -0.2) is 26.3 Å². The van der Waals surface area contributed by atoms with Gasteiger partial charge in [-0.2, -0.15) is 0 Å². The van der Waals surface area contributed by atoms with E-state index in [9.17, 15) is 0 Å². The molecule has 2 heterocycles. The molecule has 0 bridgehead atoms. The van der Waals surface area contributed by atoms with Gasteiger partial charge in [-0.05, 0) is 31.8 Å². The molecule has 1 atom stereocenters. The number of hydrogen-bond acceptors (Lipinski definition) is 2. The number of ether oxygens (including phenoxy) is 1. The summed E-state index contributed by atoms with van der Waals surface area (Å²) in [5.41, 5.74) is 0. The van der Waals surface area contributed by atoms with Crippen LogP contribution in [-0.2, 0) is 4.74 Å². The van der Waals surface area contributed by atoms with E-state index < -0.39 is 0 Å². The predicted molar refractivity (Wildman–Crippen MR) is 51.2 cm³/mol. The van der Waals surface area contributed by atoms with Crippen molar-refractivity contribution in [2.75, 3.05) is 26.3 Å². The van der Waals surface area contributed by atoms with Crippen molar-refractivity contribution in [1.82, 2.24) is 5.32 Å². The van der Waals surface area contributed by atoms with Crippen LogP contribution in [0.4, 0.5) is 0 Å². The fraction of sp³-hybridized carbons (Fsp3) is 0.800. The van der Waals surface area contributed by atoms with Gasteiger partial charge in [0.25, 0.3) is 0 Å². The minimum Gasteiger partial charge on any atom is -0.377 e. The monoisotopic (exact) mass is 169 g/mol. The molecule has 0 aromatic carbocycles. The number of hydrogen-bond donors (Lipinski definition) is 1. The fourth-order valence-corrected chi connectivity index (χ4v) is 1.29. The zero-order valence-electron chi connectivity index (χ0n) is 7.88. The van der Waals surface area contributed by atoms with Crippen molar-refractivity contribution in [3.05, 3.63) is 12.2 Å². The summed E-state index contributed by atoms with van der Waals surface area (Å²) in [6.45, 7) is 6.48. The van der Waals surface area contributed by atoms with E-state index in [0.717, 1.165) is 25.6 Å². The number of nitrogens with one attached hydrogen (secondary N) is 1. The lowest BCUT2D eigenvalue weighted by molar-refractivity contribution is 0.158. The SMILES string of the molecule is C1=CCOCC1.CC1CCNC1. The molecule has 2 aliphatic rings. The Kier molecular flexibility index (Phi) is 5.04. The maximum atomic E-state index is 4.98. The van der Waals surface area contributed by atoms with Gasteiger partial charge in [-0.25, -0.2) is 0 Å². The third-order valence-electron chi connectivity index (χ3n) is 2.12. The molecule has 0 radical (unpaired) electrons. The molecule has 0 spiro atoms. The van der Waals surface area contributed by atoms with Crippen molar-refractivity contribution >= 4 is 0 Å². The van der Waals surface area contributed by atoms with Crippen LogP contribution in [0.25, 0.3) is 0 Å². The van der Waals surface area contributed by atoms with Crippen molar-refractivity contribution in [1.29, 1.82) is 0 Å². The normalized spacial score (nSPS) is 27.9. The van der Waals surface area contributed by atoms with Crippen LogP contribution in [0, 0.1) is 5.92 Å². The smallest absolute Gasteiger partial charge is 0.0647 e. The minimum atomic E-state index is 0.819. The van der Waals surface area contributed by atoms with Gasteiger partial charge in [0.2, 0.25) is 0 Å². The highest BCUT2D eigenvalue weighted by atomic mass is 16.5. The quantitative estimate of drug-likeness (QED) is 0.556. The van der Waals surface area contributed by atoms with E-state index in [-0.39, 0.29) is 0 Å². The molecule has 0 amide bonds.